The Morgan fingerprint density at radius 2 is 2.31 bits per heavy atom. The lowest BCUT2D eigenvalue weighted by Gasteiger charge is -2.18. The van der Waals surface area contributed by atoms with Gasteiger partial charge in [-0.25, -0.2) is 4.98 Å². The van der Waals surface area contributed by atoms with Crippen LogP contribution >= 0.6 is 0 Å². The Labute approximate surface area is 95.1 Å². The van der Waals surface area contributed by atoms with E-state index in [0.717, 1.165) is 36.1 Å². The van der Waals surface area contributed by atoms with Gasteiger partial charge in [-0.1, -0.05) is 6.92 Å². The molecular weight excluding hydrogens is 200 g/mol. The van der Waals surface area contributed by atoms with Crippen LogP contribution in [0, 0.1) is 12.8 Å². The van der Waals surface area contributed by atoms with Gasteiger partial charge < -0.3 is 8.98 Å². The largest absolute Gasteiger partial charge is 0.460 e. The fraction of sp³-hybridized carbons (Fsp3) is 0.462. The Hall–Kier alpha value is -1.51. The summed E-state index contributed by atoms with van der Waals surface area (Å²) in [6, 6.07) is 3.98. The summed E-state index contributed by atoms with van der Waals surface area (Å²) >= 11 is 0. The van der Waals surface area contributed by atoms with Crippen LogP contribution in [0.1, 0.15) is 24.9 Å². The number of aryl methyl sites for hydroxylation is 2. The molecule has 3 heterocycles. The van der Waals surface area contributed by atoms with Gasteiger partial charge in [-0.2, -0.15) is 0 Å². The molecule has 0 fully saturated rings. The Bertz CT molecular complexity index is 510. The Morgan fingerprint density at radius 3 is 3.06 bits per heavy atom. The van der Waals surface area contributed by atoms with E-state index in [1.807, 2.05) is 19.1 Å². The summed E-state index contributed by atoms with van der Waals surface area (Å²) in [6.45, 7) is 5.33. The molecule has 3 rings (SSSR count). The van der Waals surface area contributed by atoms with Crippen LogP contribution in [0.15, 0.2) is 22.7 Å². The summed E-state index contributed by atoms with van der Waals surface area (Å²) in [5, 5.41) is 0. The second kappa shape index (κ2) is 3.51. The number of nitrogens with zero attached hydrogens (tertiary/aromatic N) is 2. The zero-order valence-corrected chi connectivity index (χ0v) is 9.73. The standard InChI is InChI=1S/C13H16N2O/c1-9-5-6-15-8-11(14-13(15)7-9)12-4-3-10(2)16-12/h3-4,8-9H,5-7H2,1-2H3/t9-/m0/s1. The molecule has 84 valence electrons. The number of hydrogen-bond acceptors (Lipinski definition) is 2. The van der Waals surface area contributed by atoms with Gasteiger partial charge in [0.2, 0.25) is 0 Å². The van der Waals surface area contributed by atoms with Gasteiger partial charge in [-0.15, -0.1) is 0 Å². The lowest BCUT2D eigenvalue weighted by atomic mass is 10.0. The van der Waals surface area contributed by atoms with Crippen LogP contribution in [0.2, 0.25) is 0 Å². The van der Waals surface area contributed by atoms with E-state index in [9.17, 15) is 0 Å². The third kappa shape index (κ3) is 1.56. The van der Waals surface area contributed by atoms with Crippen molar-refractivity contribution in [1.82, 2.24) is 9.55 Å². The minimum Gasteiger partial charge on any atom is -0.460 e. The second-order valence-electron chi connectivity index (χ2n) is 4.74. The monoisotopic (exact) mass is 216 g/mol. The van der Waals surface area contributed by atoms with E-state index in [2.05, 4.69) is 22.7 Å². The molecule has 0 bridgehead atoms. The third-order valence-electron chi connectivity index (χ3n) is 3.25. The predicted octanol–water partition coefficient (Wildman–Crippen LogP) is 3.03. The number of imidazole rings is 1. The van der Waals surface area contributed by atoms with Crippen molar-refractivity contribution in [1.29, 1.82) is 0 Å². The quantitative estimate of drug-likeness (QED) is 0.733. The molecule has 0 unspecified atom stereocenters. The van der Waals surface area contributed by atoms with Gasteiger partial charge in [-0.05, 0) is 31.4 Å². The van der Waals surface area contributed by atoms with Crippen LogP contribution in [0.25, 0.3) is 11.5 Å². The van der Waals surface area contributed by atoms with Crippen LogP contribution in [0.4, 0.5) is 0 Å². The van der Waals surface area contributed by atoms with Crippen molar-refractivity contribution in [2.24, 2.45) is 5.92 Å². The first-order valence-electron chi connectivity index (χ1n) is 5.85. The smallest absolute Gasteiger partial charge is 0.154 e. The van der Waals surface area contributed by atoms with Gasteiger partial charge in [0.05, 0.1) is 0 Å². The van der Waals surface area contributed by atoms with Gasteiger partial charge in [0.1, 0.15) is 17.3 Å². The topological polar surface area (TPSA) is 31.0 Å². The van der Waals surface area contributed by atoms with Gasteiger partial charge in [0.25, 0.3) is 0 Å². The lowest BCUT2D eigenvalue weighted by molar-refractivity contribution is 0.409. The fourth-order valence-electron chi connectivity index (χ4n) is 2.27. The number of hydrogen-bond donors (Lipinski definition) is 0. The minimum absolute atomic E-state index is 0.751. The Balaban J connectivity index is 1.98. The lowest BCUT2D eigenvalue weighted by Crippen LogP contribution is -2.16. The van der Waals surface area contributed by atoms with Crippen molar-refractivity contribution in [3.63, 3.8) is 0 Å². The molecule has 0 saturated heterocycles. The molecule has 1 aliphatic rings. The Morgan fingerprint density at radius 1 is 1.44 bits per heavy atom. The molecule has 0 aromatic carbocycles. The summed E-state index contributed by atoms with van der Waals surface area (Å²) in [5.41, 5.74) is 0.970. The summed E-state index contributed by atoms with van der Waals surface area (Å²) in [7, 11) is 0. The third-order valence-corrected chi connectivity index (χ3v) is 3.25. The van der Waals surface area contributed by atoms with Crippen LogP contribution in [0.3, 0.4) is 0 Å². The molecule has 0 aliphatic carbocycles. The maximum Gasteiger partial charge on any atom is 0.154 e. The number of fused-ring (bicyclic) bond motifs is 1. The molecule has 1 atom stereocenters. The molecule has 16 heavy (non-hydrogen) atoms. The van der Waals surface area contributed by atoms with Crippen molar-refractivity contribution in [3.8, 4) is 11.5 Å². The van der Waals surface area contributed by atoms with E-state index >= 15 is 0 Å². The minimum atomic E-state index is 0.751. The van der Waals surface area contributed by atoms with E-state index in [0.29, 0.717) is 0 Å². The summed E-state index contributed by atoms with van der Waals surface area (Å²) in [6.07, 6.45) is 4.44. The summed E-state index contributed by atoms with van der Waals surface area (Å²) in [4.78, 5) is 4.65. The highest BCUT2D eigenvalue weighted by Gasteiger charge is 2.18. The molecule has 0 saturated carbocycles. The molecular formula is C13H16N2O. The summed E-state index contributed by atoms with van der Waals surface area (Å²) in [5.74, 6) is 3.77. The first-order valence-corrected chi connectivity index (χ1v) is 5.85. The van der Waals surface area contributed by atoms with Gasteiger partial charge >= 0.3 is 0 Å². The highest BCUT2D eigenvalue weighted by molar-refractivity contribution is 5.51. The highest BCUT2D eigenvalue weighted by atomic mass is 16.3. The van der Waals surface area contributed by atoms with Gasteiger partial charge in [0, 0.05) is 19.2 Å². The van der Waals surface area contributed by atoms with Crippen molar-refractivity contribution in [2.45, 2.75) is 33.2 Å². The maximum absolute atomic E-state index is 5.60. The summed E-state index contributed by atoms with van der Waals surface area (Å²) < 4.78 is 7.86. The highest BCUT2D eigenvalue weighted by Crippen LogP contribution is 2.25. The van der Waals surface area contributed by atoms with Crippen molar-refractivity contribution < 1.29 is 4.42 Å². The normalized spacial score (nSPS) is 19.8. The fourth-order valence-corrected chi connectivity index (χ4v) is 2.27. The van der Waals surface area contributed by atoms with Crippen LogP contribution < -0.4 is 0 Å². The van der Waals surface area contributed by atoms with E-state index in [-0.39, 0.29) is 0 Å². The van der Waals surface area contributed by atoms with Gasteiger partial charge in [0.15, 0.2) is 5.76 Å². The zero-order valence-electron chi connectivity index (χ0n) is 9.73. The van der Waals surface area contributed by atoms with Gasteiger partial charge in [-0.3, -0.25) is 0 Å². The molecule has 0 N–H and O–H groups in total. The number of rotatable bonds is 1. The Kier molecular flexibility index (Phi) is 2.13. The molecule has 0 amide bonds. The average Bonchev–Trinajstić information content (AvgIpc) is 2.83. The number of aromatic nitrogens is 2. The van der Waals surface area contributed by atoms with E-state index in [1.54, 1.807) is 0 Å². The molecule has 2 aromatic rings. The van der Waals surface area contributed by atoms with Crippen LogP contribution in [-0.2, 0) is 13.0 Å². The number of furan rings is 1. The van der Waals surface area contributed by atoms with Crippen molar-refractivity contribution >= 4 is 0 Å². The van der Waals surface area contributed by atoms with Crippen LogP contribution in [0.5, 0.6) is 0 Å². The maximum atomic E-state index is 5.60. The van der Waals surface area contributed by atoms with E-state index in [1.165, 1.54) is 12.2 Å². The van der Waals surface area contributed by atoms with Crippen molar-refractivity contribution in [2.75, 3.05) is 0 Å². The molecule has 2 aromatic heterocycles. The molecule has 3 nitrogen and oxygen atoms in total. The predicted molar refractivity (Wildman–Crippen MR) is 62.2 cm³/mol. The molecule has 1 aliphatic heterocycles. The SMILES string of the molecule is Cc1ccc(-c2cn3c(n2)C[C@@H](C)CC3)o1. The van der Waals surface area contributed by atoms with E-state index < -0.39 is 0 Å². The van der Waals surface area contributed by atoms with E-state index in [4.69, 9.17) is 4.42 Å². The second-order valence-corrected chi connectivity index (χ2v) is 4.74. The zero-order chi connectivity index (χ0) is 11.1. The average molecular weight is 216 g/mol. The first-order chi connectivity index (χ1) is 7.72. The molecule has 3 heteroatoms. The first kappa shape index (κ1) is 9.70. The van der Waals surface area contributed by atoms with Crippen LogP contribution in [-0.4, -0.2) is 9.55 Å². The molecule has 0 spiro atoms. The van der Waals surface area contributed by atoms with Crippen molar-refractivity contribution in [3.05, 3.63) is 29.9 Å². The molecule has 0 radical (unpaired) electrons.